The zero-order chi connectivity index (χ0) is 13.5. The highest BCUT2D eigenvalue weighted by atomic mass is 32.2. The Hall–Kier alpha value is -1.52. The minimum atomic E-state index is 0.0632. The maximum Gasteiger partial charge on any atom is 0.234 e. The highest BCUT2D eigenvalue weighted by molar-refractivity contribution is 7.99. The Morgan fingerprint density at radius 1 is 1.37 bits per heavy atom. The first-order valence-corrected chi connectivity index (χ1v) is 7.33. The topological polar surface area (TPSA) is 41.1 Å². The molecule has 1 amide bonds. The summed E-state index contributed by atoms with van der Waals surface area (Å²) >= 11 is 1.77. The lowest BCUT2D eigenvalue weighted by Gasteiger charge is -2.20. The molecule has 1 atom stereocenters. The third-order valence-electron chi connectivity index (χ3n) is 2.85. The number of rotatable bonds is 5. The van der Waals surface area contributed by atoms with Crippen LogP contribution in [0.25, 0.3) is 6.08 Å². The van der Waals surface area contributed by atoms with Crippen LogP contribution in [0, 0.1) is 0 Å². The fourth-order valence-electron chi connectivity index (χ4n) is 1.80. The molecular formula is C15H18N2OS. The standard InChI is InChI=1S/C15H18N2OS/c1-2-11-19-14-8-4-12(5-9-14)3-6-13-7-10-15(18)17-16-13/h2-6,8-9,13,16H,1,7,10-11H2,(H,17,18)/b6-3+. The van der Waals surface area contributed by atoms with Crippen LogP contribution in [-0.4, -0.2) is 17.7 Å². The molecule has 1 aromatic rings. The van der Waals surface area contributed by atoms with E-state index in [4.69, 9.17) is 0 Å². The van der Waals surface area contributed by atoms with Gasteiger partial charge in [0.15, 0.2) is 0 Å². The first-order valence-electron chi connectivity index (χ1n) is 6.34. The summed E-state index contributed by atoms with van der Waals surface area (Å²) in [4.78, 5) is 12.2. The number of hydrazine groups is 1. The minimum Gasteiger partial charge on any atom is -0.291 e. The molecule has 0 bridgehead atoms. The molecule has 1 heterocycles. The number of nitrogens with one attached hydrogen (secondary N) is 2. The first kappa shape index (κ1) is 13.9. The highest BCUT2D eigenvalue weighted by Crippen LogP contribution is 2.19. The quantitative estimate of drug-likeness (QED) is 0.641. The summed E-state index contributed by atoms with van der Waals surface area (Å²) < 4.78 is 0. The van der Waals surface area contributed by atoms with Crippen LogP contribution in [0.5, 0.6) is 0 Å². The predicted molar refractivity (Wildman–Crippen MR) is 80.7 cm³/mol. The Kier molecular flexibility index (Phi) is 5.24. The number of hydrogen-bond acceptors (Lipinski definition) is 3. The second-order valence-electron chi connectivity index (χ2n) is 4.37. The fourth-order valence-corrected chi connectivity index (χ4v) is 2.44. The Labute approximate surface area is 118 Å². The Balaban J connectivity index is 1.88. The van der Waals surface area contributed by atoms with Gasteiger partial charge in [-0.1, -0.05) is 30.4 Å². The van der Waals surface area contributed by atoms with E-state index in [1.807, 2.05) is 6.08 Å². The maximum atomic E-state index is 11.0. The van der Waals surface area contributed by atoms with Crippen LogP contribution in [-0.2, 0) is 4.79 Å². The van der Waals surface area contributed by atoms with Gasteiger partial charge in [-0.3, -0.25) is 10.2 Å². The van der Waals surface area contributed by atoms with Crippen LogP contribution in [0.4, 0.5) is 0 Å². The first-order chi connectivity index (χ1) is 9.28. The van der Waals surface area contributed by atoms with Crippen molar-refractivity contribution in [3.63, 3.8) is 0 Å². The predicted octanol–water partition coefficient (Wildman–Crippen LogP) is 2.76. The summed E-state index contributed by atoms with van der Waals surface area (Å²) in [6, 6.07) is 8.65. The van der Waals surface area contributed by atoms with Crippen LogP contribution < -0.4 is 10.9 Å². The monoisotopic (exact) mass is 274 g/mol. The average molecular weight is 274 g/mol. The van der Waals surface area contributed by atoms with Gasteiger partial charge in [0.05, 0.1) is 0 Å². The SMILES string of the molecule is C=CCSc1ccc(/C=C/C2CCC(=O)NN2)cc1. The Morgan fingerprint density at radius 3 is 2.79 bits per heavy atom. The second-order valence-corrected chi connectivity index (χ2v) is 5.46. The highest BCUT2D eigenvalue weighted by Gasteiger charge is 2.14. The summed E-state index contributed by atoms with van der Waals surface area (Å²) in [6.45, 7) is 3.71. The molecule has 0 aromatic heterocycles. The van der Waals surface area contributed by atoms with E-state index in [9.17, 15) is 4.79 Å². The van der Waals surface area contributed by atoms with Gasteiger partial charge in [-0.2, -0.15) is 0 Å². The number of carbonyl (C=O) groups excluding carboxylic acids is 1. The molecule has 2 N–H and O–H groups in total. The third-order valence-corrected chi connectivity index (χ3v) is 3.86. The van der Waals surface area contributed by atoms with E-state index >= 15 is 0 Å². The van der Waals surface area contributed by atoms with E-state index in [0.29, 0.717) is 6.42 Å². The number of hydrogen-bond donors (Lipinski definition) is 2. The molecule has 1 saturated heterocycles. The molecule has 1 aliphatic rings. The Morgan fingerprint density at radius 2 is 2.16 bits per heavy atom. The largest absolute Gasteiger partial charge is 0.291 e. The van der Waals surface area contributed by atoms with Gasteiger partial charge < -0.3 is 0 Å². The van der Waals surface area contributed by atoms with E-state index < -0.39 is 0 Å². The van der Waals surface area contributed by atoms with E-state index in [0.717, 1.165) is 12.2 Å². The molecule has 2 rings (SSSR count). The zero-order valence-electron chi connectivity index (χ0n) is 10.8. The van der Waals surface area contributed by atoms with Crippen molar-refractivity contribution in [2.75, 3.05) is 5.75 Å². The molecule has 1 fully saturated rings. The lowest BCUT2D eigenvalue weighted by Crippen LogP contribution is -2.48. The van der Waals surface area contributed by atoms with E-state index in [1.165, 1.54) is 10.5 Å². The molecular weight excluding hydrogens is 256 g/mol. The molecule has 1 unspecified atom stereocenters. The van der Waals surface area contributed by atoms with Crippen molar-refractivity contribution in [3.8, 4) is 0 Å². The number of amides is 1. The molecule has 4 heteroatoms. The second kappa shape index (κ2) is 7.16. The van der Waals surface area contributed by atoms with Gasteiger partial charge in [-0.05, 0) is 24.1 Å². The molecule has 1 aliphatic heterocycles. The number of carbonyl (C=O) groups is 1. The molecule has 100 valence electrons. The van der Waals surface area contributed by atoms with Gasteiger partial charge in [-0.15, -0.1) is 18.3 Å². The fraction of sp³-hybridized carbons (Fsp3) is 0.267. The molecule has 0 saturated carbocycles. The van der Waals surface area contributed by atoms with Crippen molar-refractivity contribution >= 4 is 23.7 Å². The lowest BCUT2D eigenvalue weighted by molar-refractivity contribution is -0.123. The van der Waals surface area contributed by atoms with E-state index in [2.05, 4.69) is 53.8 Å². The third kappa shape index (κ3) is 4.58. The summed E-state index contributed by atoms with van der Waals surface area (Å²) in [5.41, 5.74) is 6.79. The van der Waals surface area contributed by atoms with Crippen molar-refractivity contribution in [1.29, 1.82) is 0 Å². The van der Waals surface area contributed by atoms with Gasteiger partial charge in [0, 0.05) is 23.1 Å². The van der Waals surface area contributed by atoms with E-state index in [1.54, 1.807) is 11.8 Å². The average Bonchev–Trinajstić information content (AvgIpc) is 2.46. The smallest absolute Gasteiger partial charge is 0.234 e. The van der Waals surface area contributed by atoms with Crippen LogP contribution in [0.2, 0.25) is 0 Å². The van der Waals surface area contributed by atoms with Gasteiger partial charge >= 0.3 is 0 Å². The number of thioether (sulfide) groups is 1. The van der Waals surface area contributed by atoms with Crippen molar-refractivity contribution in [3.05, 3.63) is 48.6 Å². The van der Waals surface area contributed by atoms with E-state index in [-0.39, 0.29) is 11.9 Å². The summed E-state index contributed by atoms with van der Waals surface area (Å²) in [7, 11) is 0. The van der Waals surface area contributed by atoms with Crippen LogP contribution >= 0.6 is 11.8 Å². The molecule has 19 heavy (non-hydrogen) atoms. The normalized spacial score (nSPS) is 19.4. The molecule has 1 aromatic carbocycles. The summed E-state index contributed by atoms with van der Waals surface area (Å²) in [5, 5.41) is 0. The summed E-state index contributed by atoms with van der Waals surface area (Å²) in [5.74, 6) is 0.995. The molecule has 0 spiro atoms. The van der Waals surface area contributed by atoms with Crippen LogP contribution in [0.1, 0.15) is 18.4 Å². The van der Waals surface area contributed by atoms with Gasteiger partial charge in [0.2, 0.25) is 5.91 Å². The number of benzene rings is 1. The minimum absolute atomic E-state index is 0.0632. The maximum absolute atomic E-state index is 11.0. The van der Waals surface area contributed by atoms with Gasteiger partial charge in [-0.25, -0.2) is 5.43 Å². The van der Waals surface area contributed by atoms with Crippen molar-refractivity contribution < 1.29 is 4.79 Å². The van der Waals surface area contributed by atoms with Crippen molar-refractivity contribution in [1.82, 2.24) is 10.9 Å². The van der Waals surface area contributed by atoms with Crippen molar-refractivity contribution in [2.45, 2.75) is 23.8 Å². The summed E-state index contributed by atoms with van der Waals surface area (Å²) in [6.07, 6.45) is 7.50. The van der Waals surface area contributed by atoms with Crippen molar-refractivity contribution in [2.24, 2.45) is 0 Å². The zero-order valence-corrected chi connectivity index (χ0v) is 11.6. The van der Waals surface area contributed by atoms with Crippen LogP contribution in [0.15, 0.2) is 47.9 Å². The molecule has 3 nitrogen and oxygen atoms in total. The molecule has 0 radical (unpaired) electrons. The molecule has 0 aliphatic carbocycles. The Bertz CT molecular complexity index is 458. The lowest BCUT2D eigenvalue weighted by atomic mass is 10.1. The van der Waals surface area contributed by atoms with Gasteiger partial charge in [0.1, 0.15) is 0 Å². The van der Waals surface area contributed by atoms with Gasteiger partial charge in [0.25, 0.3) is 0 Å². The van der Waals surface area contributed by atoms with Crippen LogP contribution in [0.3, 0.4) is 0 Å².